The summed E-state index contributed by atoms with van der Waals surface area (Å²) in [6.07, 6.45) is 1.34. The number of nitriles is 1. The first-order valence-electron chi connectivity index (χ1n) is 10.7. The van der Waals surface area contributed by atoms with E-state index in [0.717, 1.165) is 0 Å². The van der Waals surface area contributed by atoms with E-state index in [4.69, 9.17) is 14.2 Å². The van der Waals surface area contributed by atoms with Gasteiger partial charge in [-0.1, -0.05) is 18.2 Å². The summed E-state index contributed by atoms with van der Waals surface area (Å²) in [4.78, 5) is 24.6. The lowest BCUT2D eigenvalue weighted by atomic mass is 10.1. The molecule has 1 heterocycles. The molecular weight excluding hydrogens is 474 g/mol. The molecule has 1 amide bonds. The Morgan fingerprint density at radius 1 is 1.17 bits per heavy atom. The number of rotatable bonds is 8. The first-order valence-corrected chi connectivity index (χ1v) is 12.1. The zero-order valence-corrected chi connectivity index (χ0v) is 20.1. The van der Waals surface area contributed by atoms with Crippen LogP contribution in [0.2, 0.25) is 0 Å². The van der Waals surface area contributed by atoms with Gasteiger partial charge < -0.3 is 19.5 Å². The minimum atomic E-state index is -3.76. The number of methoxy groups -OCH3 is 1. The molecular formula is C24H25N3O7S. The Kier molecular flexibility index (Phi) is 8.59. The molecule has 0 spiro atoms. The van der Waals surface area contributed by atoms with Crippen molar-refractivity contribution >= 4 is 33.7 Å². The molecule has 0 saturated carbocycles. The van der Waals surface area contributed by atoms with Crippen LogP contribution in [-0.4, -0.2) is 64.6 Å². The van der Waals surface area contributed by atoms with Crippen LogP contribution in [0.15, 0.2) is 52.9 Å². The van der Waals surface area contributed by atoms with Crippen molar-refractivity contribution in [2.24, 2.45) is 0 Å². The maximum atomic E-state index is 13.0. The minimum Gasteiger partial charge on any atom is -0.497 e. The van der Waals surface area contributed by atoms with Gasteiger partial charge in [0.1, 0.15) is 17.4 Å². The number of sulfonamides is 1. The van der Waals surface area contributed by atoms with Gasteiger partial charge in [-0.15, -0.1) is 0 Å². The van der Waals surface area contributed by atoms with Gasteiger partial charge in [0, 0.05) is 18.8 Å². The minimum absolute atomic E-state index is 0.0726. The average molecular weight is 500 g/mol. The highest BCUT2D eigenvalue weighted by atomic mass is 32.2. The standard InChI is InChI=1S/C24H25N3O7S/c1-17-3-6-20(14-22(17)35(30,31)27-9-11-33-12-10-27)26-23(28)16-34-24(29)19(15-25)13-18-4-7-21(32-2)8-5-18/h3-8,13-14H,9-12,16H2,1-2H3,(H,26,28). The van der Waals surface area contributed by atoms with Crippen molar-refractivity contribution in [3.8, 4) is 11.8 Å². The summed E-state index contributed by atoms with van der Waals surface area (Å²) in [7, 11) is -2.24. The zero-order valence-electron chi connectivity index (χ0n) is 19.3. The molecule has 10 nitrogen and oxygen atoms in total. The summed E-state index contributed by atoms with van der Waals surface area (Å²) >= 11 is 0. The van der Waals surface area contributed by atoms with E-state index in [9.17, 15) is 23.3 Å². The number of nitrogens with one attached hydrogen (secondary N) is 1. The normalized spacial score (nSPS) is 14.6. The van der Waals surface area contributed by atoms with Crippen LogP contribution in [0.5, 0.6) is 5.75 Å². The third kappa shape index (κ3) is 6.66. The Balaban J connectivity index is 1.64. The van der Waals surface area contributed by atoms with Gasteiger partial charge in [0.15, 0.2) is 6.61 Å². The lowest BCUT2D eigenvalue weighted by Crippen LogP contribution is -2.40. The molecule has 11 heteroatoms. The van der Waals surface area contributed by atoms with Crippen LogP contribution in [0.1, 0.15) is 11.1 Å². The second kappa shape index (κ2) is 11.6. The van der Waals surface area contributed by atoms with Gasteiger partial charge >= 0.3 is 5.97 Å². The molecule has 2 aromatic rings. The van der Waals surface area contributed by atoms with Crippen LogP contribution in [0, 0.1) is 18.3 Å². The molecule has 35 heavy (non-hydrogen) atoms. The molecule has 1 fully saturated rings. The summed E-state index contributed by atoms with van der Waals surface area (Å²) in [5, 5.41) is 11.8. The second-order valence-electron chi connectivity index (χ2n) is 7.56. The number of carbonyl (C=O) groups excluding carboxylic acids is 2. The van der Waals surface area contributed by atoms with Crippen LogP contribution in [0.25, 0.3) is 6.08 Å². The van der Waals surface area contributed by atoms with Crippen LogP contribution in [-0.2, 0) is 29.1 Å². The average Bonchev–Trinajstić information content (AvgIpc) is 2.87. The number of carbonyl (C=O) groups is 2. The van der Waals surface area contributed by atoms with E-state index in [1.165, 1.54) is 23.6 Å². The van der Waals surface area contributed by atoms with Crippen molar-refractivity contribution in [1.29, 1.82) is 5.26 Å². The molecule has 184 valence electrons. The van der Waals surface area contributed by atoms with E-state index in [1.54, 1.807) is 49.4 Å². The molecule has 0 aromatic heterocycles. The van der Waals surface area contributed by atoms with E-state index in [1.807, 2.05) is 0 Å². The number of benzene rings is 2. The third-order valence-electron chi connectivity index (χ3n) is 5.16. The van der Waals surface area contributed by atoms with Crippen molar-refractivity contribution in [1.82, 2.24) is 4.31 Å². The van der Waals surface area contributed by atoms with Gasteiger partial charge in [-0.25, -0.2) is 13.2 Å². The number of ether oxygens (including phenoxy) is 3. The van der Waals surface area contributed by atoms with Crippen molar-refractivity contribution in [2.75, 3.05) is 45.3 Å². The number of hydrogen-bond donors (Lipinski definition) is 1. The highest BCUT2D eigenvalue weighted by Gasteiger charge is 2.28. The Bertz CT molecular complexity index is 1260. The maximum Gasteiger partial charge on any atom is 0.349 e. The molecule has 0 unspecified atom stereocenters. The van der Waals surface area contributed by atoms with E-state index in [0.29, 0.717) is 30.1 Å². The molecule has 1 saturated heterocycles. The molecule has 1 aliphatic heterocycles. The van der Waals surface area contributed by atoms with Gasteiger partial charge in [-0.2, -0.15) is 9.57 Å². The number of morpholine rings is 1. The molecule has 0 bridgehead atoms. The highest BCUT2D eigenvalue weighted by Crippen LogP contribution is 2.24. The SMILES string of the molecule is COc1ccc(C=C(C#N)C(=O)OCC(=O)Nc2ccc(C)c(S(=O)(=O)N3CCOCC3)c2)cc1. The predicted octanol–water partition coefficient (Wildman–Crippen LogP) is 2.11. The smallest absolute Gasteiger partial charge is 0.349 e. The fourth-order valence-electron chi connectivity index (χ4n) is 3.29. The van der Waals surface area contributed by atoms with Crippen LogP contribution in [0.4, 0.5) is 5.69 Å². The molecule has 0 aliphatic carbocycles. The van der Waals surface area contributed by atoms with Crippen LogP contribution >= 0.6 is 0 Å². The van der Waals surface area contributed by atoms with Gasteiger partial charge in [0.2, 0.25) is 10.0 Å². The first-order chi connectivity index (χ1) is 16.7. The lowest BCUT2D eigenvalue weighted by Gasteiger charge is -2.26. The van der Waals surface area contributed by atoms with E-state index in [-0.39, 0.29) is 29.2 Å². The molecule has 0 radical (unpaired) electrons. The summed E-state index contributed by atoms with van der Waals surface area (Å²) in [5.74, 6) is -1.02. The van der Waals surface area contributed by atoms with Crippen molar-refractivity contribution in [3.05, 3.63) is 59.2 Å². The van der Waals surface area contributed by atoms with Gasteiger partial charge in [0.05, 0.1) is 25.2 Å². The number of nitrogens with zero attached hydrogens (tertiary/aromatic N) is 2. The Labute approximate surface area is 203 Å². The largest absolute Gasteiger partial charge is 0.497 e. The van der Waals surface area contributed by atoms with Gasteiger partial charge in [0.25, 0.3) is 5.91 Å². The molecule has 1 aliphatic rings. The second-order valence-corrected chi connectivity index (χ2v) is 9.47. The quantitative estimate of drug-likeness (QED) is 0.331. The zero-order chi connectivity index (χ0) is 25.4. The summed E-state index contributed by atoms with van der Waals surface area (Å²) < 4.78 is 42.6. The molecule has 0 atom stereocenters. The predicted molar refractivity (Wildman–Crippen MR) is 127 cm³/mol. The monoisotopic (exact) mass is 499 g/mol. The van der Waals surface area contributed by atoms with Gasteiger partial charge in [-0.05, 0) is 48.4 Å². The van der Waals surface area contributed by atoms with Crippen LogP contribution < -0.4 is 10.1 Å². The Morgan fingerprint density at radius 3 is 2.49 bits per heavy atom. The van der Waals surface area contributed by atoms with E-state index >= 15 is 0 Å². The number of amides is 1. The maximum absolute atomic E-state index is 13.0. The van der Waals surface area contributed by atoms with Gasteiger partial charge in [-0.3, -0.25) is 4.79 Å². The van der Waals surface area contributed by atoms with E-state index in [2.05, 4.69) is 5.32 Å². The summed E-state index contributed by atoms with van der Waals surface area (Å²) in [5.41, 5.74) is 1.07. The summed E-state index contributed by atoms with van der Waals surface area (Å²) in [6.45, 7) is 2.15. The van der Waals surface area contributed by atoms with Crippen molar-refractivity contribution in [3.63, 3.8) is 0 Å². The fourth-order valence-corrected chi connectivity index (χ4v) is 4.95. The van der Waals surface area contributed by atoms with Crippen LogP contribution in [0.3, 0.4) is 0 Å². The lowest BCUT2D eigenvalue weighted by molar-refractivity contribution is -0.142. The van der Waals surface area contributed by atoms with E-state index < -0.39 is 28.5 Å². The topological polar surface area (TPSA) is 135 Å². The Morgan fingerprint density at radius 2 is 1.86 bits per heavy atom. The number of aryl methyl sites for hydroxylation is 1. The fraction of sp³-hybridized carbons (Fsp3) is 0.292. The number of esters is 1. The highest BCUT2D eigenvalue weighted by molar-refractivity contribution is 7.89. The van der Waals surface area contributed by atoms with Crippen molar-refractivity contribution in [2.45, 2.75) is 11.8 Å². The molecule has 2 aromatic carbocycles. The first kappa shape index (κ1) is 25.9. The molecule has 3 rings (SSSR count). The van der Waals surface area contributed by atoms with Crippen molar-refractivity contribution < 1.29 is 32.2 Å². The third-order valence-corrected chi connectivity index (χ3v) is 7.20. The Hall–Kier alpha value is -3.72. The summed E-state index contributed by atoms with van der Waals surface area (Å²) in [6, 6.07) is 12.9. The number of anilines is 1. The molecule has 1 N–H and O–H groups in total. The number of hydrogen-bond acceptors (Lipinski definition) is 8.